The molecule has 6 heteroatoms. The maximum Gasteiger partial charge on any atom is 0.323 e. The van der Waals surface area contributed by atoms with Crippen LogP contribution < -0.4 is 0 Å². The number of amides is 1. The molecule has 18 heavy (non-hydrogen) atoms. The summed E-state index contributed by atoms with van der Waals surface area (Å²) in [5.41, 5.74) is -0.198. The van der Waals surface area contributed by atoms with Crippen molar-refractivity contribution in [2.24, 2.45) is 0 Å². The Morgan fingerprint density at radius 3 is 2.61 bits per heavy atom. The lowest BCUT2D eigenvalue weighted by Crippen LogP contribution is -2.36. The molecule has 0 fully saturated rings. The first-order valence-electron chi connectivity index (χ1n) is 5.18. The summed E-state index contributed by atoms with van der Waals surface area (Å²) in [6.07, 6.45) is -0.00648. The molecule has 0 saturated heterocycles. The summed E-state index contributed by atoms with van der Waals surface area (Å²) in [4.78, 5) is 23.5. The van der Waals surface area contributed by atoms with Crippen molar-refractivity contribution in [3.8, 4) is 6.07 Å². The Bertz CT molecular complexity index is 496. The average Bonchev–Trinajstić information content (AvgIpc) is 2.34. The summed E-state index contributed by atoms with van der Waals surface area (Å²) < 4.78 is 13.4. The van der Waals surface area contributed by atoms with E-state index in [0.717, 1.165) is 11.0 Å². The number of rotatable bonds is 5. The topological polar surface area (TPSA) is 81.4 Å². The molecule has 0 aliphatic rings. The minimum Gasteiger partial charge on any atom is -0.480 e. The lowest BCUT2D eigenvalue weighted by molar-refractivity contribution is -0.137. The smallest absolute Gasteiger partial charge is 0.323 e. The van der Waals surface area contributed by atoms with Crippen molar-refractivity contribution in [1.82, 2.24) is 4.90 Å². The normalized spacial score (nSPS) is 9.56. The van der Waals surface area contributed by atoms with Crippen LogP contribution in [0, 0.1) is 17.1 Å². The Morgan fingerprint density at radius 2 is 2.06 bits per heavy atom. The number of halogens is 1. The maximum atomic E-state index is 13.4. The standard InChI is InChI=1S/C12H11FN2O3/c13-10-5-2-1-4-9(10)12(18)15(7-3-6-14)8-11(16)17/h1-2,4-5H,3,7-8H2,(H,16,17). The Hall–Kier alpha value is -2.42. The van der Waals surface area contributed by atoms with Gasteiger partial charge in [-0.05, 0) is 12.1 Å². The van der Waals surface area contributed by atoms with Crippen LogP contribution in [0.3, 0.4) is 0 Å². The maximum absolute atomic E-state index is 13.4. The van der Waals surface area contributed by atoms with E-state index >= 15 is 0 Å². The van der Waals surface area contributed by atoms with Gasteiger partial charge in [-0.2, -0.15) is 5.26 Å². The summed E-state index contributed by atoms with van der Waals surface area (Å²) in [6, 6.07) is 7.13. The third kappa shape index (κ3) is 3.56. The first-order valence-corrected chi connectivity index (χ1v) is 5.18. The van der Waals surface area contributed by atoms with Gasteiger partial charge in [0.2, 0.25) is 0 Å². The molecule has 0 radical (unpaired) electrons. The van der Waals surface area contributed by atoms with Gasteiger partial charge in [0.25, 0.3) is 5.91 Å². The molecule has 0 aliphatic carbocycles. The molecule has 0 aromatic heterocycles. The highest BCUT2D eigenvalue weighted by molar-refractivity contribution is 5.96. The third-order valence-corrected chi connectivity index (χ3v) is 2.21. The Morgan fingerprint density at radius 1 is 1.39 bits per heavy atom. The van der Waals surface area contributed by atoms with Crippen LogP contribution >= 0.6 is 0 Å². The zero-order valence-electron chi connectivity index (χ0n) is 9.47. The molecule has 1 N–H and O–H groups in total. The third-order valence-electron chi connectivity index (χ3n) is 2.21. The minimum atomic E-state index is -1.21. The van der Waals surface area contributed by atoms with E-state index in [0.29, 0.717) is 0 Å². The fraction of sp³-hybridized carbons (Fsp3) is 0.250. The average molecular weight is 250 g/mol. The number of benzene rings is 1. The molecule has 5 nitrogen and oxygen atoms in total. The predicted octanol–water partition coefficient (Wildman–Crippen LogP) is 1.27. The van der Waals surface area contributed by atoms with Crippen molar-refractivity contribution < 1.29 is 19.1 Å². The minimum absolute atomic E-state index is 0.00648. The fourth-order valence-corrected chi connectivity index (χ4v) is 1.41. The summed E-state index contributed by atoms with van der Waals surface area (Å²) in [7, 11) is 0. The summed E-state index contributed by atoms with van der Waals surface area (Å²) >= 11 is 0. The molecule has 1 aromatic rings. The second-order valence-corrected chi connectivity index (χ2v) is 3.51. The van der Waals surface area contributed by atoms with Crippen molar-refractivity contribution in [3.05, 3.63) is 35.6 Å². The van der Waals surface area contributed by atoms with Crippen LogP contribution in [0.4, 0.5) is 4.39 Å². The number of carbonyl (C=O) groups is 2. The van der Waals surface area contributed by atoms with Crippen LogP contribution in [-0.2, 0) is 4.79 Å². The molecule has 1 rings (SSSR count). The van der Waals surface area contributed by atoms with Gasteiger partial charge in [-0.15, -0.1) is 0 Å². The summed E-state index contributed by atoms with van der Waals surface area (Å²) in [6.45, 7) is -0.606. The highest BCUT2D eigenvalue weighted by Gasteiger charge is 2.20. The van der Waals surface area contributed by atoms with Gasteiger partial charge in [0.15, 0.2) is 0 Å². The first kappa shape index (κ1) is 13.6. The zero-order valence-corrected chi connectivity index (χ0v) is 9.47. The van der Waals surface area contributed by atoms with Crippen molar-refractivity contribution in [3.63, 3.8) is 0 Å². The van der Waals surface area contributed by atoms with Gasteiger partial charge in [-0.25, -0.2) is 4.39 Å². The second-order valence-electron chi connectivity index (χ2n) is 3.51. The second kappa shape index (κ2) is 6.35. The van der Waals surface area contributed by atoms with E-state index in [9.17, 15) is 14.0 Å². The van der Waals surface area contributed by atoms with Gasteiger partial charge in [0.05, 0.1) is 18.1 Å². The number of aliphatic carboxylic acids is 1. The Balaban J connectivity index is 2.92. The number of nitriles is 1. The van der Waals surface area contributed by atoms with E-state index in [1.54, 1.807) is 0 Å². The van der Waals surface area contributed by atoms with Gasteiger partial charge in [-0.3, -0.25) is 9.59 Å². The lowest BCUT2D eigenvalue weighted by Gasteiger charge is -2.19. The van der Waals surface area contributed by atoms with Crippen LogP contribution in [0.1, 0.15) is 16.8 Å². The van der Waals surface area contributed by atoms with Crippen LogP contribution in [0.5, 0.6) is 0 Å². The van der Waals surface area contributed by atoms with Crippen molar-refractivity contribution in [1.29, 1.82) is 5.26 Å². The quantitative estimate of drug-likeness (QED) is 0.853. The lowest BCUT2D eigenvalue weighted by atomic mass is 10.2. The molecule has 0 bridgehead atoms. The molecule has 0 unspecified atom stereocenters. The van der Waals surface area contributed by atoms with E-state index in [4.69, 9.17) is 10.4 Å². The molecular weight excluding hydrogens is 239 g/mol. The molecule has 0 spiro atoms. The van der Waals surface area contributed by atoms with Crippen molar-refractivity contribution in [2.75, 3.05) is 13.1 Å². The molecule has 0 atom stereocenters. The number of carbonyl (C=O) groups excluding carboxylic acids is 1. The van der Waals surface area contributed by atoms with Gasteiger partial charge in [-0.1, -0.05) is 12.1 Å². The summed E-state index contributed by atoms with van der Waals surface area (Å²) in [5, 5.41) is 17.1. The largest absolute Gasteiger partial charge is 0.480 e. The van der Waals surface area contributed by atoms with Gasteiger partial charge >= 0.3 is 5.97 Å². The number of nitrogens with zero attached hydrogens (tertiary/aromatic N) is 2. The van der Waals surface area contributed by atoms with Gasteiger partial charge < -0.3 is 10.0 Å². The van der Waals surface area contributed by atoms with E-state index < -0.39 is 24.2 Å². The van der Waals surface area contributed by atoms with Crippen molar-refractivity contribution >= 4 is 11.9 Å². The van der Waals surface area contributed by atoms with Crippen LogP contribution in [0.15, 0.2) is 24.3 Å². The van der Waals surface area contributed by atoms with E-state index in [2.05, 4.69) is 0 Å². The highest BCUT2D eigenvalue weighted by atomic mass is 19.1. The van der Waals surface area contributed by atoms with E-state index in [-0.39, 0.29) is 18.5 Å². The van der Waals surface area contributed by atoms with Gasteiger partial charge in [0, 0.05) is 6.54 Å². The van der Waals surface area contributed by atoms with Gasteiger partial charge in [0.1, 0.15) is 12.4 Å². The number of hydrogen-bond donors (Lipinski definition) is 1. The van der Waals surface area contributed by atoms with E-state index in [1.165, 1.54) is 18.2 Å². The molecule has 1 aromatic carbocycles. The number of carboxylic acid groups (broad SMARTS) is 1. The number of carboxylic acids is 1. The predicted molar refractivity (Wildman–Crippen MR) is 60.2 cm³/mol. The molecule has 0 aliphatic heterocycles. The highest BCUT2D eigenvalue weighted by Crippen LogP contribution is 2.10. The Kier molecular flexibility index (Phi) is 4.81. The molecule has 94 valence electrons. The van der Waals surface area contributed by atoms with E-state index in [1.807, 2.05) is 6.07 Å². The fourth-order valence-electron chi connectivity index (χ4n) is 1.41. The molecule has 0 saturated carbocycles. The van der Waals surface area contributed by atoms with Crippen molar-refractivity contribution in [2.45, 2.75) is 6.42 Å². The van der Waals surface area contributed by atoms with Crippen LogP contribution in [0.25, 0.3) is 0 Å². The molecule has 1 amide bonds. The van der Waals surface area contributed by atoms with Crippen LogP contribution in [0.2, 0.25) is 0 Å². The van der Waals surface area contributed by atoms with Crippen LogP contribution in [-0.4, -0.2) is 35.0 Å². The SMILES string of the molecule is N#CCCN(CC(=O)O)C(=O)c1ccccc1F. The monoisotopic (exact) mass is 250 g/mol. The Labute approximate surface area is 103 Å². The zero-order chi connectivity index (χ0) is 13.5. The molecule has 0 heterocycles. The number of hydrogen-bond acceptors (Lipinski definition) is 3. The first-order chi connectivity index (χ1) is 8.56. The summed E-state index contributed by atoms with van der Waals surface area (Å²) in [5.74, 6) is -2.65. The molecular formula is C12H11FN2O3.